The minimum absolute atomic E-state index is 0.327. The van der Waals surface area contributed by atoms with Crippen LogP contribution in [0.1, 0.15) is 27.0 Å². The standard InChI is InChI=1S/C10H10N2O/c1-6-3-7(2)9(10(12)13)8(4-6)5-11/h3-4H,1-2H3,(H2,12,13). The largest absolute Gasteiger partial charge is 0.366 e. The lowest BCUT2D eigenvalue weighted by atomic mass is 9.99. The second kappa shape index (κ2) is 3.28. The SMILES string of the molecule is Cc1cc(C)c(C(N)=O)c(C#N)c1. The van der Waals surface area contributed by atoms with Crippen LogP contribution in [0.2, 0.25) is 0 Å². The van der Waals surface area contributed by atoms with Crippen LogP contribution in [0.15, 0.2) is 12.1 Å². The minimum atomic E-state index is -0.547. The number of nitrogens with zero attached hydrogens (tertiary/aromatic N) is 1. The lowest BCUT2D eigenvalue weighted by Crippen LogP contribution is -2.14. The maximum Gasteiger partial charge on any atom is 0.250 e. The molecule has 0 spiro atoms. The highest BCUT2D eigenvalue weighted by Gasteiger charge is 2.11. The van der Waals surface area contributed by atoms with Gasteiger partial charge < -0.3 is 5.73 Å². The van der Waals surface area contributed by atoms with Gasteiger partial charge in [-0.25, -0.2) is 0 Å². The lowest BCUT2D eigenvalue weighted by Gasteiger charge is -2.04. The minimum Gasteiger partial charge on any atom is -0.366 e. The Morgan fingerprint density at radius 3 is 2.54 bits per heavy atom. The molecule has 0 saturated heterocycles. The van der Waals surface area contributed by atoms with E-state index in [4.69, 9.17) is 11.0 Å². The highest BCUT2D eigenvalue weighted by molar-refractivity contribution is 5.96. The molecule has 0 aliphatic carbocycles. The fourth-order valence-electron chi connectivity index (χ4n) is 1.38. The number of hydrogen-bond donors (Lipinski definition) is 1. The van der Waals surface area contributed by atoms with E-state index in [1.54, 1.807) is 13.0 Å². The van der Waals surface area contributed by atoms with Gasteiger partial charge in [0.15, 0.2) is 0 Å². The molecule has 0 unspecified atom stereocenters. The molecule has 1 amide bonds. The molecule has 3 heteroatoms. The predicted octanol–water partition coefficient (Wildman–Crippen LogP) is 1.27. The summed E-state index contributed by atoms with van der Waals surface area (Å²) in [5.41, 5.74) is 7.54. The summed E-state index contributed by atoms with van der Waals surface area (Å²) in [6.07, 6.45) is 0. The van der Waals surface area contributed by atoms with E-state index in [0.29, 0.717) is 11.1 Å². The second-order valence-corrected chi connectivity index (χ2v) is 2.98. The van der Waals surface area contributed by atoms with Crippen molar-refractivity contribution in [3.05, 3.63) is 34.4 Å². The van der Waals surface area contributed by atoms with Crippen molar-refractivity contribution in [2.24, 2.45) is 5.73 Å². The number of hydrogen-bond acceptors (Lipinski definition) is 2. The van der Waals surface area contributed by atoms with E-state index in [9.17, 15) is 4.79 Å². The van der Waals surface area contributed by atoms with Crippen molar-refractivity contribution in [3.63, 3.8) is 0 Å². The first-order valence-electron chi connectivity index (χ1n) is 3.87. The summed E-state index contributed by atoms with van der Waals surface area (Å²) < 4.78 is 0. The first-order valence-corrected chi connectivity index (χ1v) is 3.87. The molecule has 0 fully saturated rings. The molecule has 1 rings (SSSR count). The molecule has 0 atom stereocenters. The van der Waals surface area contributed by atoms with Crippen LogP contribution in [-0.4, -0.2) is 5.91 Å². The zero-order valence-corrected chi connectivity index (χ0v) is 7.59. The van der Waals surface area contributed by atoms with Gasteiger partial charge in [0, 0.05) is 0 Å². The van der Waals surface area contributed by atoms with E-state index in [1.165, 1.54) is 0 Å². The smallest absolute Gasteiger partial charge is 0.250 e. The van der Waals surface area contributed by atoms with Crippen LogP contribution in [0.25, 0.3) is 0 Å². The molecular formula is C10H10N2O. The Labute approximate surface area is 76.8 Å². The highest BCUT2D eigenvalue weighted by atomic mass is 16.1. The number of nitriles is 1. The van der Waals surface area contributed by atoms with Crippen LogP contribution < -0.4 is 5.73 Å². The third-order valence-corrected chi connectivity index (χ3v) is 1.85. The quantitative estimate of drug-likeness (QED) is 0.696. The number of amides is 1. The summed E-state index contributed by atoms with van der Waals surface area (Å²) in [4.78, 5) is 11.0. The Balaban J connectivity index is 3.50. The van der Waals surface area contributed by atoms with E-state index in [2.05, 4.69) is 0 Å². The summed E-state index contributed by atoms with van der Waals surface area (Å²) in [6.45, 7) is 3.65. The van der Waals surface area contributed by atoms with Crippen molar-refractivity contribution in [1.29, 1.82) is 5.26 Å². The van der Waals surface area contributed by atoms with Crippen LogP contribution in [0, 0.1) is 25.2 Å². The average molecular weight is 174 g/mol. The number of aryl methyl sites for hydroxylation is 2. The zero-order valence-electron chi connectivity index (χ0n) is 7.59. The summed E-state index contributed by atoms with van der Waals surface area (Å²) in [5, 5.41) is 8.76. The van der Waals surface area contributed by atoms with Crippen molar-refractivity contribution in [2.75, 3.05) is 0 Å². The fourth-order valence-corrected chi connectivity index (χ4v) is 1.38. The molecule has 0 aliphatic rings. The molecule has 1 aromatic carbocycles. The van der Waals surface area contributed by atoms with E-state index in [-0.39, 0.29) is 0 Å². The number of carbonyl (C=O) groups excluding carboxylic acids is 1. The van der Waals surface area contributed by atoms with Gasteiger partial charge in [-0.3, -0.25) is 4.79 Å². The first-order chi connectivity index (χ1) is 6.06. The maximum absolute atomic E-state index is 11.0. The Kier molecular flexibility index (Phi) is 2.34. The molecule has 0 aliphatic heterocycles. The maximum atomic E-state index is 11.0. The molecule has 0 saturated carbocycles. The van der Waals surface area contributed by atoms with Gasteiger partial charge in [0.25, 0.3) is 0 Å². The van der Waals surface area contributed by atoms with Crippen LogP contribution in [0.5, 0.6) is 0 Å². The summed E-state index contributed by atoms with van der Waals surface area (Å²) in [5.74, 6) is -0.547. The van der Waals surface area contributed by atoms with Crippen molar-refractivity contribution in [1.82, 2.24) is 0 Å². The Bertz CT molecular complexity index is 402. The van der Waals surface area contributed by atoms with E-state index < -0.39 is 5.91 Å². The first kappa shape index (κ1) is 9.27. The molecule has 2 N–H and O–H groups in total. The van der Waals surface area contributed by atoms with E-state index >= 15 is 0 Å². The Hall–Kier alpha value is -1.82. The average Bonchev–Trinajstić information content (AvgIpc) is 2.01. The number of carbonyl (C=O) groups is 1. The van der Waals surface area contributed by atoms with Crippen LogP contribution in [-0.2, 0) is 0 Å². The third-order valence-electron chi connectivity index (χ3n) is 1.85. The van der Waals surface area contributed by atoms with Crippen molar-refractivity contribution >= 4 is 5.91 Å². The number of rotatable bonds is 1. The van der Waals surface area contributed by atoms with Crippen molar-refractivity contribution < 1.29 is 4.79 Å². The number of nitrogens with two attached hydrogens (primary N) is 1. The molecule has 1 aromatic rings. The van der Waals surface area contributed by atoms with Gasteiger partial charge in [-0.05, 0) is 31.0 Å². The van der Waals surface area contributed by atoms with Gasteiger partial charge in [0.05, 0.1) is 17.2 Å². The van der Waals surface area contributed by atoms with Gasteiger partial charge >= 0.3 is 0 Å². The number of primary amides is 1. The van der Waals surface area contributed by atoms with Gasteiger partial charge in [-0.2, -0.15) is 5.26 Å². The molecule has 0 aromatic heterocycles. The highest BCUT2D eigenvalue weighted by Crippen LogP contribution is 2.15. The lowest BCUT2D eigenvalue weighted by molar-refractivity contribution is 0.0999. The summed E-state index contributed by atoms with van der Waals surface area (Å²) in [6, 6.07) is 5.45. The molecule has 0 bridgehead atoms. The molecule has 3 nitrogen and oxygen atoms in total. The molecule has 0 heterocycles. The van der Waals surface area contributed by atoms with E-state index in [1.807, 2.05) is 19.1 Å². The predicted molar refractivity (Wildman–Crippen MR) is 49.1 cm³/mol. The van der Waals surface area contributed by atoms with Gasteiger partial charge in [0.2, 0.25) is 5.91 Å². The van der Waals surface area contributed by atoms with E-state index in [0.717, 1.165) is 11.1 Å². The van der Waals surface area contributed by atoms with Crippen LogP contribution in [0.3, 0.4) is 0 Å². The molecular weight excluding hydrogens is 164 g/mol. The topological polar surface area (TPSA) is 66.9 Å². The third kappa shape index (κ3) is 1.67. The van der Waals surface area contributed by atoms with Crippen molar-refractivity contribution in [2.45, 2.75) is 13.8 Å². The fraction of sp³-hybridized carbons (Fsp3) is 0.200. The Morgan fingerprint density at radius 1 is 1.46 bits per heavy atom. The Morgan fingerprint density at radius 2 is 2.08 bits per heavy atom. The van der Waals surface area contributed by atoms with Gasteiger partial charge in [-0.1, -0.05) is 6.07 Å². The monoisotopic (exact) mass is 174 g/mol. The zero-order chi connectivity index (χ0) is 10.0. The van der Waals surface area contributed by atoms with Gasteiger partial charge in [-0.15, -0.1) is 0 Å². The van der Waals surface area contributed by atoms with Gasteiger partial charge in [0.1, 0.15) is 0 Å². The number of benzene rings is 1. The molecule has 66 valence electrons. The normalized spacial score (nSPS) is 9.31. The molecule has 0 radical (unpaired) electrons. The molecule has 13 heavy (non-hydrogen) atoms. The van der Waals surface area contributed by atoms with Crippen LogP contribution >= 0.6 is 0 Å². The summed E-state index contributed by atoms with van der Waals surface area (Å²) in [7, 11) is 0. The second-order valence-electron chi connectivity index (χ2n) is 2.98. The summed E-state index contributed by atoms with van der Waals surface area (Å²) >= 11 is 0. The van der Waals surface area contributed by atoms with Crippen LogP contribution in [0.4, 0.5) is 0 Å². The van der Waals surface area contributed by atoms with Crippen molar-refractivity contribution in [3.8, 4) is 6.07 Å².